The van der Waals surface area contributed by atoms with Crippen LogP contribution in [0.2, 0.25) is 0 Å². The van der Waals surface area contributed by atoms with E-state index >= 15 is 0 Å². The first-order chi connectivity index (χ1) is 8.14. The Kier molecular flexibility index (Phi) is 8.80. The molecule has 0 saturated carbocycles. The van der Waals surface area contributed by atoms with E-state index in [4.69, 9.17) is 11.0 Å². The average Bonchev–Trinajstić information content (AvgIpc) is 2.34. The van der Waals surface area contributed by atoms with Crippen LogP contribution in [0.4, 0.5) is 0 Å². The highest BCUT2D eigenvalue weighted by molar-refractivity contribution is 4.96. The zero-order valence-corrected chi connectivity index (χ0v) is 11.6. The molecule has 0 amide bonds. The van der Waals surface area contributed by atoms with Gasteiger partial charge in [-0.3, -0.25) is 0 Å². The normalized spacial score (nSPS) is 11.2. The van der Waals surface area contributed by atoms with Crippen LogP contribution in [-0.4, -0.2) is 6.54 Å². The summed E-state index contributed by atoms with van der Waals surface area (Å²) in [5.74, 6) is 0. The third-order valence-corrected chi connectivity index (χ3v) is 4.00. The van der Waals surface area contributed by atoms with Crippen LogP contribution in [0.3, 0.4) is 0 Å². The topological polar surface area (TPSA) is 49.8 Å². The van der Waals surface area contributed by atoms with Crippen LogP contribution in [0, 0.1) is 16.7 Å². The highest BCUT2D eigenvalue weighted by Gasteiger charge is 2.25. The lowest BCUT2D eigenvalue weighted by Crippen LogP contribution is -2.19. The van der Waals surface area contributed by atoms with Crippen molar-refractivity contribution in [2.24, 2.45) is 11.1 Å². The summed E-state index contributed by atoms with van der Waals surface area (Å²) in [6.45, 7) is 9.32. The van der Waals surface area contributed by atoms with Crippen molar-refractivity contribution in [2.75, 3.05) is 6.54 Å². The molecule has 0 bridgehead atoms. The van der Waals surface area contributed by atoms with Crippen molar-refractivity contribution in [3.05, 3.63) is 12.2 Å². The van der Waals surface area contributed by atoms with Crippen LogP contribution >= 0.6 is 0 Å². The van der Waals surface area contributed by atoms with Crippen LogP contribution in [0.15, 0.2) is 12.2 Å². The number of nitriles is 1. The Hall–Kier alpha value is -0.810. The Morgan fingerprint density at radius 1 is 1.24 bits per heavy atom. The lowest BCUT2D eigenvalue weighted by atomic mass is 9.73. The van der Waals surface area contributed by atoms with E-state index in [9.17, 15) is 0 Å². The SMILES string of the molecule is C=C(CCN)CCC(CC)(CC)CCCC#N. The summed E-state index contributed by atoms with van der Waals surface area (Å²) in [7, 11) is 0. The molecule has 2 nitrogen and oxygen atoms in total. The largest absolute Gasteiger partial charge is 0.330 e. The Labute approximate surface area is 107 Å². The van der Waals surface area contributed by atoms with Gasteiger partial charge < -0.3 is 5.73 Å². The van der Waals surface area contributed by atoms with E-state index in [-0.39, 0.29) is 0 Å². The lowest BCUT2D eigenvalue weighted by molar-refractivity contribution is 0.213. The van der Waals surface area contributed by atoms with Gasteiger partial charge in [-0.2, -0.15) is 5.26 Å². The molecule has 0 aromatic heterocycles. The van der Waals surface area contributed by atoms with Gasteiger partial charge in [0.2, 0.25) is 0 Å². The van der Waals surface area contributed by atoms with Gasteiger partial charge in [0.25, 0.3) is 0 Å². The van der Waals surface area contributed by atoms with Gasteiger partial charge in [0, 0.05) is 6.42 Å². The molecule has 0 fully saturated rings. The van der Waals surface area contributed by atoms with Crippen molar-refractivity contribution in [1.29, 1.82) is 5.26 Å². The fourth-order valence-electron chi connectivity index (χ4n) is 2.40. The van der Waals surface area contributed by atoms with Gasteiger partial charge in [0.15, 0.2) is 0 Å². The molecule has 0 unspecified atom stereocenters. The highest BCUT2D eigenvalue weighted by Crippen LogP contribution is 2.38. The van der Waals surface area contributed by atoms with E-state index < -0.39 is 0 Å². The van der Waals surface area contributed by atoms with Crippen molar-refractivity contribution in [3.63, 3.8) is 0 Å². The van der Waals surface area contributed by atoms with E-state index in [0.717, 1.165) is 19.3 Å². The van der Waals surface area contributed by atoms with Crippen LogP contribution in [0.1, 0.15) is 65.2 Å². The molecule has 0 aliphatic heterocycles. The molecule has 0 aliphatic rings. The predicted octanol–water partition coefficient (Wildman–Crippen LogP) is 4.17. The molecule has 98 valence electrons. The monoisotopic (exact) mass is 236 g/mol. The number of nitrogens with two attached hydrogens (primary N) is 1. The molecular formula is C15H28N2. The molecule has 17 heavy (non-hydrogen) atoms. The van der Waals surface area contributed by atoms with Crippen molar-refractivity contribution in [1.82, 2.24) is 0 Å². The minimum Gasteiger partial charge on any atom is -0.330 e. The summed E-state index contributed by atoms with van der Waals surface area (Å²) < 4.78 is 0. The molecule has 0 atom stereocenters. The minimum atomic E-state index is 0.411. The number of unbranched alkanes of at least 4 members (excludes halogenated alkanes) is 1. The molecule has 0 rings (SSSR count). The third kappa shape index (κ3) is 6.48. The quantitative estimate of drug-likeness (QED) is 0.457. The van der Waals surface area contributed by atoms with Crippen LogP contribution in [-0.2, 0) is 0 Å². The van der Waals surface area contributed by atoms with Crippen molar-refractivity contribution < 1.29 is 0 Å². The number of hydrogen-bond donors (Lipinski definition) is 1. The Bertz CT molecular complexity index is 246. The van der Waals surface area contributed by atoms with Gasteiger partial charge in [-0.05, 0) is 44.1 Å². The third-order valence-electron chi connectivity index (χ3n) is 4.00. The average molecular weight is 236 g/mol. The molecule has 2 N–H and O–H groups in total. The van der Waals surface area contributed by atoms with Gasteiger partial charge in [-0.25, -0.2) is 0 Å². The second-order valence-electron chi connectivity index (χ2n) is 5.01. The van der Waals surface area contributed by atoms with Crippen molar-refractivity contribution in [3.8, 4) is 6.07 Å². The van der Waals surface area contributed by atoms with Gasteiger partial charge in [0.05, 0.1) is 6.07 Å². The Balaban J connectivity index is 4.20. The number of nitrogens with zero attached hydrogens (tertiary/aromatic N) is 1. The number of hydrogen-bond acceptors (Lipinski definition) is 2. The molecule has 0 aromatic rings. The standard InChI is InChI=1S/C15H28N2/c1-4-15(5-2,10-6-7-12-16)11-8-14(3)9-13-17/h3-11,13,17H2,1-2H3. The van der Waals surface area contributed by atoms with E-state index in [1.807, 2.05) is 0 Å². The molecule has 0 aromatic carbocycles. The first-order valence-corrected chi connectivity index (χ1v) is 6.87. The Morgan fingerprint density at radius 2 is 1.88 bits per heavy atom. The van der Waals surface area contributed by atoms with Gasteiger partial charge in [-0.15, -0.1) is 0 Å². The van der Waals surface area contributed by atoms with E-state index in [1.54, 1.807) is 0 Å². The van der Waals surface area contributed by atoms with Crippen LogP contribution in [0.25, 0.3) is 0 Å². The second kappa shape index (κ2) is 9.24. The Morgan fingerprint density at radius 3 is 2.35 bits per heavy atom. The molecule has 0 spiro atoms. The first kappa shape index (κ1) is 16.2. The smallest absolute Gasteiger partial charge is 0.0621 e. The number of rotatable bonds is 10. The molecule has 2 heteroatoms. The van der Waals surface area contributed by atoms with E-state index in [2.05, 4.69) is 26.5 Å². The maximum atomic E-state index is 8.62. The minimum absolute atomic E-state index is 0.411. The van der Waals surface area contributed by atoms with Crippen molar-refractivity contribution >= 4 is 0 Å². The zero-order chi connectivity index (χ0) is 13.1. The summed E-state index contributed by atoms with van der Waals surface area (Å²) in [6.07, 6.45) is 8.52. The summed E-state index contributed by atoms with van der Waals surface area (Å²) >= 11 is 0. The molecular weight excluding hydrogens is 208 g/mol. The molecule has 0 heterocycles. The first-order valence-electron chi connectivity index (χ1n) is 6.87. The van der Waals surface area contributed by atoms with Crippen LogP contribution < -0.4 is 5.73 Å². The van der Waals surface area contributed by atoms with Gasteiger partial charge >= 0.3 is 0 Å². The highest BCUT2D eigenvalue weighted by atomic mass is 14.5. The summed E-state index contributed by atoms with van der Waals surface area (Å²) in [5, 5.41) is 8.62. The second-order valence-corrected chi connectivity index (χ2v) is 5.01. The van der Waals surface area contributed by atoms with Gasteiger partial charge in [0.1, 0.15) is 0 Å². The lowest BCUT2D eigenvalue weighted by Gasteiger charge is -2.32. The maximum absolute atomic E-state index is 8.62. The summed E-state index contributed by atoms with van der Waals surface area (Å²) in [5.41, 5.74) is 7.22. The fraction of sp³-hybridized carbons (Fsp3) is 0.800. The summed E-state index contributed by atoms with van der Waals surface area (Å²) in [6, 6.07) is 2.24. The van der Waals surface area contributed by atoms with Crippen LogP contribution in [0.5, 0.6) is 0 Å². The van der Waals surface area contributed by atoms with E-state index in [1.165, 1.54) is 31.3 Å². The fourth-order valence-corrected chi connectivity index (χ4v) is 2.40. The molecule has 0 radical (unpaired) electrons. The summed E-state index contributed by atoms with van der Waals surface area (Å²) in [4.78, 5) is 0. The predicted molar refractivity (Wildman–Crippen MR) is 74.5 cm³/mol. The van der Waals surface area contributed by atoms with Crippen molar-refractivity contribution in [2.45, 2.75) is 65.2 Å². The van der Waals surface area contributed by atoms with Gasteiger partial charge in [-0.1, -0.05) is 38.8 Å². The molecule has 0 aliphatic carbocycles. The van der Waals surface area contributed by atoms with E-state index in [0.29, 0.717) is 18.4 Å². The molecule has 0 saturated heterocycles. The maximum Gasteiger partial charge on any atom is 0.0621 e. The zero-order valence-electron chi connectivity index (χ0n) is 11.6.